The molecule has 0 aliphatic carbocycles. The highest BCUT2D eigenvalue weighted by atomic mass is 16.5. The zero-order chi connectivity index (χ0) is 21.1. The van der Waals surface area contributed by atoms with E-state index in [2.05, 4.69) is 20.2 Å². The molecule has 3 heterocycles. The maximum absolute atomic E-state index is 12.8. The van der Waals surface area contributed by atoms with Gasteiger partial charge in [0.2, 0.25) is 5.91 Å². The molecule has 1 aromatic carbocycles. The first-order chi connectivity index (χ1) is 14.6. The smallest absolute Gasteiger partial charge is 0.223 e. The number of aromatic nitrogens is 4. The van der Waals surface area contributed by atoms with Crippen molar-refractivity contribution >= 4 is 22.9 Å². The fraction of sp³-hybridized carbons (Fsp3) is 0.409. The fourth-order valence-electron chi connectivity index (χ4n) is 4.07. The van der Waals surface area contributed by atoms with Gasteiger partial charge in [-0.1, -0.05) is 0 Å². The van der Waals surface area contributed by atoms with Crippen LogP contribution in [0.15, 0.2) is 30.6 Å². The number of hydrogen-bond donors (Lipinski definition) is 1. The number of fused-ring (bicyclic) bond motifs is 1. The van der Waals surface area contributed by atoms with Crippen LogP contribution in [-0.4, -0.2) is 57.0 Å². The molecule has 156 valence electrons. The number of aryl methyl sites for hydroxylation is 1. The summed E-state index contributed by atoms with van der Waals surface area (Å²) >= 11 is 0. The van der Waals surface area contributed by atoms with Crippen molar-refractivity contribution in [2.45, 2.75) is 38.5 Å². The van der Waals surface area contributed by atoms with E-state index in [0.29, 0.717) is 24.3 Å². The van der Waals surface area contributed by atoms with Crippen molar-refractivity contribution in [3.8, 4) is 5.75 Å². The molecule has 4 rings (SSSR count). The van der Waals surface area contributed by atoms with E-state index in [1.54, 1.807) is 31.6 Å². The molecule has 1 N–H and O–H groups in total. The van der Waals surface area contributed by atoms with Gasteiger partial charge < -0.3 is 9.64 Å². The number of ether oxygens (including phenoxy) is 1. The van der Waals surface area contributed by atoms with Gasteiger partial charge in [0.1, 0.15) is 11.3 Å². The molecule has 2 aromatic heterocycles. The van der Waals surface area contributed by atoms with E-state index < -0.39 is 0 Å². The lowest BCUT2D eigenvalue weighted by Crippen LogP contribution is -2.39. The average Bonchev–Trinajstić information content (AvgIpc) is 3.21. The highest BCUT2D eigenvalue weighted by Gasteiger charge is 2.28. The number of hydrogen-bond acceptors (Lipinski definition) is 6. The van der Waals surface area contributed by atoms with Crippen LogP contribution < -0.4 is 4.74 Å². The number of benzene rings is 1. The van der Waals surface area contributed by atoms with E-state index in [-0.39, 0.29) is 30.4 Å². The van der Waals surface area contributed by atoms with Crippen molar-refractivity contribution in [3.63, 3.8) is 0 Å². The van der Waals surface area contributed by atoms with E-state index in [1.165, 1.54) is 0 Å². The topological polar surface area (TPSA) is 101 Å². The van der Waals surface area contributed by atoms with Gasteiger partial charge >= 0.3 is 0 Å². The quantitative estimate of drug-likeness (QED) is 0.630. The van der Waals surface area contributed by atoms with Gasteiger partial charge in [-0.25, -0.2) is 9.97 Å². The molecular weight excluding hydrogens is 382 g/mol. The third-order valence-electron chi connectivity index (χ3n) is 5.68. The summed E-state index contributed by atoms with van der Waals surface area (Å²) in [6, 6.07) is 5.35. The number of H-pyrrole nitrogens is 1. The molecule has 8 nitrogen and oxygen atoms in total. The number of piperidine rings is 1. The summed E-state index contributed by atoms with van der Waals surface area (Å²) in [4.78, 5) is 35.8. The molecule has 1 atom stereocenters. The maximum Gasteiger partial charge on any atom is 0.223 e. The van der Waals surface area contributed by atoms with Gasteiger partial charge in [0.05, 0.1) is 12.8 Å². The van der Waals surface area contributed by atoms with Gasteiger partial charge in [0, 0.05) is 49.8 Å². The molecule has 8 heteroatoms. The van der Waals surface area contributed by atoms with Crippen molar-refractivity contribution in [1.29, 1.82) is 0 Å². The largest absolute Gasteiger partial charge is 0.496 e. The van der Waals surface area contributed by atoms with E-state index in [1.807, 2.05) is 17.9 Å². The number of nitrogens with zero attached hydrogens (tertiary/aromatic N) is 4. The van der Waals surface area contributed by atoms with Gasteiger partial charge in [-0.05, 0) is 43.5 Å². The SMILES string of the molecule is COc1ccc(C(=O)CCC(=O)N2CCCC(c3[nH]nc4nccnc34)C2)cc1C. The van der Waals surface area contributed by atoms with Gasteiger partial charge in [0.25, 0.3) is 0 Å². The Morgan fingerprint density at radius 2 is 2.07 bits per heavy atom. The van der Waals surface area contributed by atoms with Gasteiger partial charge in [-0.3, -0.25) is 14.7 Å². The highest BCUT2D eigenvalue weighted by molar-refractivity contribution is 5.98. The minimum absolute atomic E-state index is 0.00758. The van der Waals surface area contributed by atoms with Crippen LogP contribution >= 0.6 is 0 Å². The van der Waals surface area contributed by atoms with E-state index in [9.17, 15) is 9.59 Å². The molecule has 1 saturated heterocycles. The lowest BCUT2D eigenvalue weighted by molar-refractivity contribution is -0.132. The van der Waals surface area contributed by atoms with Crippen molar-refractivity contribution in [2.24, 2.45) is 0 Å². The van der Waals surface area contributed by atoms with Crippen LogP contribution in [0.3, 0.4) is 0 Å². The third-order valence-corrected chi connectivity index (χ3v) is 5.68. The predicted molar refractivity (Wildman–Crippen MR) is 112 cm³/mol. The molecular formula is C22H25N5O3. The standard InChI is InChI=1S/C22H25N5O3/c1-14-12-15(5-7-18(14)30-2)17(28)6-8-19(29)27-11-3-4-16(13-27)20-21-22(26-25-20)24-10-9-23-21/h5,7,9-10,12,16H,3-4,6,8,11,13H2,1-2H3,(H,24,25,26). The molecule has 1 amide bonds. The number of likely N-dealkylation sites (tertiary alicyclic amines) is 1. The Morgan fingerprint density at radius 1 is 1.23 bits per heavy atom. The van der Waals surface area contributed by atoms with Crippen LogP contribution in [0, 0.1) is 6.92 Å². The van der Waals surface area contributed by atoms with Crippen molar-refractivity contribution in [2.75, 3.05) is 20.2 Å². The number of amides is 1. The number of aromatic amines is 1. The van der Waals surface area contributed by atoms with Crippen molar-refractivity contribution in [3.05, 3.63) is 47.4 Å². The fourth-order valence-corrected chi connectivity index (χ4v) is 4.07. The predicted octanol–water partition coefficient (Wildman–Crippen LogP) is 3.04. The Hall–Kier alpha value is -3.29. The second-order valence-electron chi connectivity index (χ2n) is 7.65. The van der Waals surface area contributed by atoms with E-state index in [0.717, 1.165) is 35.4 Å². The number of Topliss-reactive ketones (excluding diaryl/α,β-unsaturated/α-hetero) is 1. The summed E-state index contributed by atoms with van der Waals surface area (Å²) in [6.45, 7) is 3.21. The second kappa shape index (κ2) is 8.61. The minimum atomic E-state index is -0.0301. The molecule has 0 saturated carbocycles. The molecule has 1 unspecified atom stereocenters. The zero-order valence-electron chi connectivity index (χ0n) is 17.2. The molecule has 1 fully saturated rings. The van der Waals surface area contributed by atoms with Crippen molar-refractivity contribution in [1.82, 2.24) is 25.1 Å². The first kappa shape index (κ1) is 20.0. The Labute approximate surface area is 174 Å². The van der Waals surface area contributed by atoms with Crippen LogP contribution in [0.5, 0.6) is 5.75 Å². The van der Waals surface area contributed by atoms with Crippen LogP contribution in [0.2, 0.25) is 0 Å². The Morgan fingerprint density at radius 3 is 2.87 bits per heavy atom. The lowest BCUT2D eigenvalue weighted by Gasteiger charge is -2.32. The van der Waals surface area contributed by atoms with E-state index >= 15 is 0 Å². The Bertz CT molecular complexity index is 1080. The normalized spacial score (nSPS) is 16.6. The third kappa shape index (κ3) is 4.03. The first-order valence-electron chi connectivity index (χ1n) is 10.2. The molecule has 0 radical (unpaired) electrons. The number of nitrogens with one attached hydrogen (secondary N) is 1. The maximum atomic E-state index is 12.8. The molecule has 1 aliphatic heterocycles. The summed E-state index contributed by atoms with van der Waals surface area (Å²) in [7, 11) is 1.60. The lowest BCUT2D eigenvalue weighted by atomic mass is 9.94. The summed E-state index contributed by atoms with van der Waals surface area (Å²) in [5.74, 6) is 0.869. The van der Waals surface area contributed by atoms with Gasteiger partial charge in [-0.15, -0.1) is 0 Å². The number of ketones is 1. The van der Waals surface area contributed by atoms with Crippen LogP contribution in [-0.2, 0) is 4.79 Å². The van der Waals surface area contributed by atoms with Crippen LogP contribution in [0.25, 0.3) is 11.2 Å². The zero-order valence-corrected chi connectivity index (χ0v) is 17.2. The molecule has 30 heavy (non-hydrogen) atoms. The summed E-state index contributed by atoms with van der Waals surface area (Å²) in [6.07, 6.45) is 5.54. The number of carbonyl (C=O) groups excluding carboxylic acids is 2. The molecule has 1 aliphatic rings. The monoisotopic (exact) mass is 407 g/mol. The second-order valence-corrected chi connectivity index (χ2v) is 7.65. The molecule has 0 bridgehead atoms. The van der Waals surface area contributed by atoms with Crippen LogP contribution in [0.1, 0.15) is 53.2 Å². The Balaban J connectivity index is 1.37. The summed E-state index contributed by atoms with van der Waals surface area (Å²) < 4.78 is 5.24. The highest BCUT2D eigenvalue weighted by Crippen LogP contribution is 2.29. The first-order valence-corrected chi connectivity index (χ1v) is 10.2. The summed E-state index contributed by atoms with van der Waals surface area (Å²) in [5.41, 5.74) is 3.81. The van der Waals surface area contributed by atoms with Gasteiger partial charge in [0.15, 0.2) is 11.4 Å². The van der Waals surface area contributed by atoms with Gasteiger partial charge in [-0.2, -0.15) is 5.10 Å². The van der Waals surface area contributed by atoms with E-state index in [4.69, 9.17) is 4.74 Å². The molecule has 0 spiro atoms. The van der Waals surface area contributed by atoms with Crippen molar-refractivity contribution < 1.29 is 14.3 Å². The number of methoxy groups -OCH3 is 1. The minimum Gasteiger partial charge on any atom is -0.496 e. The average molecular weight is 407 g/mol. The number of rotatable bonds is 6. The number of carbonyl (C=O) groups is 2. The Kier molecular flexibility index (Phi) is 5.74. The van der Waals surface area contributed by atoms with Crippen LogP contribution in [0.4, 0.5) is 0 Å². The summed E-state index contributed by atoms with van der Waals surface area (Å²) in [5, 5.41) is 7.27. The molecule has 3 aromatic rings.